The van der Waals surface area contributed by atoms with Crippen molar-refractivity contribution in [2.24, 2.45) is 0 Å². The van der Waals surface area contributed by atoms with Crippen molar-refractivity contribution in [1.82, 2.24) is 0 Å². The molecule has 0 aromatic heterocycles. The predicted molar refractivity (Wildman–Crippen MR) is 63.0 cm³/mol. The second-order valence-corrected chi connectivity index (χ2v) is 6.80. The Balaban J connectivity index is 3.59. The fourth-order valence-electron chi connectivity index (χ4n) is 0.834. The maximum absolute atomic E-state index is 11.2. The van der Waals surface area contributed by atoms with Crippen molar-refractivity contribution >= 4 is 15.4 Å². The fraction of sp³-hybridized carbons (Fsp3) is 1.00. The normalized spacial score (nSPS) is 18.6. The Hall–Kier alpha value is 0.260. The van der Waals surface area contributed by atoms with E-state index >= 15 is 0 Å². The molecule has 0 radical (unpaired) electrons. The Kier molecular flexibility index (Phi) is 8.51. The molecule has 0 aliphatic rings. The van der Waals surface area contributed by atoms with Gasteiger partial charge in [-0.2, -0.15) is 0 Å². The van der Waals surface area contributed by atoms with Crippen LogP contribution in [-0.4, -0.2) is 36.3 Å². The van der Waals surface area contributed by atoms with Gasteiger partial charge in [0.05, 0.1) is 19.8 Å². The zero-order chi connectivity index (χ0) is 13.4. The Bertz CT molecular complexity index is 288. The quantitative estimate of drug-likeness (QED) is 0.469. The van der Waals surface area contributed by atoms with Crippen LogP contribution in [0.25, 0.3) is 0 Å². The van der Waals surface area contributed by atoms with Gasteiger partial charge in [0.2, 0.25) is 0 Å². The summed E-state index contributed by atoms with van der Waals surface area (Å²) < 4.78 is 35.8. The van der Waals surface area contributed by atoms with Gasteiger partial charge in [0.25, 0.3) is 0 Å². The Labute approximate surface area is 101 Å². The van der Waals surface area contributed by atoms with Crippen LogP contribution in [0, 0.1) is 0 Å². The summed E-state index contributed by atoms with van der Waals surface area (Å²) >= 11 is 0. The molecule has 0 aromatic carbocycles. The highest BCUT2D eigenvalue weighted by molar-refractivity contribution is 7.51. The zero-order valence-corrected chi connectivity index (χ0v) is 11.9. The van der Waals surface area contributed by atoms with Crippen LogP contribution in [-0.2, 0) is 22.7 Å². The van der Waals surface area contributed by atoms with Crippen molar-refractivity contribution in [3.05, 3.63) is 0 Å². The van der Waals surface area contributed by atoms with E-state index in [0.717, 1.165) is 13.1 Å². The molecule has 2 N–H and O–H groups in total. The molecule has 0 aromatic rings. The Morgan fingerprint density at radius 2 is 1.41 bits per heavy atom. The summed E-state index contributed by atoms with van der Waals surface area (Å²) in [6.45, 7) is 3.08. The van der Waals surface area contributed by atoms with Gasteiger partial charge in [0.1, 0.15) is 0 Å². The zero-order valence-electron chi connectivity index (χ0n) is 10.1. The molecule has 0 fully saturated rings. The van der Waals surface area contributed by atoms with Gasteiger partial charge in [-0.3, -0.25) is 13.6 Å². The molecule has 0 bridgehead atoms. The van der Waals surface area contributed by atoms with Crippen molar-refractivity contribution < 1.29 is 32.5 Å². The van der Waals surface area contributed by atoms with Gasteiger partial charge in [-0.1, -0.05) is 13.3 Å². The van der Waals surface area contributed by atoms with Gasteiger partial charge in [-0.25, -0.2) is 4.57 Å². The molecule has 0 heterocycles. The molecular formula is C8H20O7P2. The summed E-state index contributed by atoms with van der Waals surface area (Å²) in [5, 5.41) is 0. The smallest absolute Gasteiger partial charge is 0.324 e. The molecule has 9 heteroatoms. The lowest BCUT2D eigenvalue weighted by Gasteiger charge is -2.12. The molecular weight excluding hydrogens is 270 g/mol. The molecule has 0 saturated carbocycles. The van der Waals surface area contributed by atoms with Crippen LogP contribution in [0.2, 0.25) is 0 Å². The van der Waals surface area contributed by atoms with E-state index in [-0.39, 0.29) is 26.2 Å². The minimum absolute atomic E-state index is 0.0146. The first kappa shape index (κ1) is 17.3. The summed E-state index contributed by atoms with van der Waals surface area (Å²) in [6, 6.07) is 0. The molecule has 7 nitrogen and oxygen atoms in total. The van der Waals surface area contributed by atoms with Gasteiger partial charge in [0.15, 0.2) is 0 Å². The first-order valence-electron chi connectivity index (χ1n) is 5.33. The summed E-state index contributed by atoms with van der Waals surface area (Å²) in [5.41, 5.74) is 0. The summed E-state index contributed by atoms with van der Waals surface area (Å²) in [4.78, 5) is 18.0. The molecule has 0 rings (SSSR count). The largest absolute Gasteiger partial charge is 0.472 e. The average molecular weight is 290 g/mol. The van der Waals surface area contributed by atoms with Gasteiger partial charge < -0.3 is 14.3 Å². The monoisotopic (exact) mass is 290 g/mol. The lowest BCUT2D eigenvalue weighted by Crippen LogP contribution is -2.01. The van der Waals surface area contributed by atoms with Gasteiger partial charge in [-0.05, 0) is 12.8 Å². The van der Waals surface area contributed by atoms with Crippen LogP contribution in [0.3, 0.4) is 0 Å². The van der Waals surface area contributed by atoms with E-state index in [2.05, 4.69) is 13.6 Å². The Morgan fingerprint density at radius 3 is 1.88 bits per heavy atom. The summed E-state index contributed by atoms with van der Waals surface area (Å²) in [5.74, 6) is 0. The number of phosphoric ester groups is 1. The average Bonchev–Trinajstić information content (AvgIpc) is 2.15. The van der Waals surface area contributed by atoms with Crippen molar-refractivity contribution in [2.45, 2.75) is 26.2 Å². The third-order valence-electron chi connectivity index (χ3n) is 1.63. The van der Waals surface area contributed by atoms with E-state index in [1.165, 1.54) is 0 Å². The van der Waals surface area contributed by atoms with Crippen LogP contribution in [0.15, 0.2) is 0 Å². The molecule has 0 aliphatic heterocycles. The standard InChI is InChI=1S/C8H20O7P2/c1-3-4-6-14-17(11,12)15-8-5-7-13-16(2,9)10/h3-8H2,1-2H3,(H,9,10)(H,11,12). The fourth-order valence-corrected chi connectivity index (χ4v) is 2.10. The molecule has 0 saturated heterocycles. The van der Waals surface area contributed by atoms with Crippen molar-refractivity contribution in [1.29, 1.82) is 0 Å². The highest BCUT2D eigenvalue weighted by Gasteiger charge is 2.20. The molecule has 17 heavy (non-hydrogen) atoms. The van der Waals surface area contributed by atoms with E-state index < -0.39 is 15.4 Å². The molecule has 0 spiro atoms. The second-order valence-electron chi connectivity index (χ2n) is 3.48. The SMILES string of the molecule is CCCCOP(=O)(O)OCCCOP(C)(=O)O. The lowest BCUT2D eigenvalue weighted by molar-refractivity contribution is 0.139. The van der Waals surface area contributed by atoms with E-state index in [0.29, 0.717) is 6.42 Å². The van der Waals surface area contributed by atoms with E-state index in [1.807, 2.05) is 6.92 Å². The maximum atomic E-state index is 11.2. The van der Waals surface area contributed by atoms with Crippen molar-refractivity contribution in [3.63, 3.8) is 0 Å². The highest BCUT2D eigenvalue weighted by Crippen LogP contribution is 2.43. The summed E-state index contributed by atoms with van der Waals surface area (Å²) in [6.07, 6.45) is 1.77. The van der Waals surface area contributed by atoms with E-state index in [9.17, 15) is 9.13 Å². The van der Waals surface area contributed by atoms with Crippen molar-refractivity contribution in [2.75, 3.05) is 26.5 Å². The molecule has 0 amide bonds. The topological polar surface area (TPSA) is 102 Å². The number of hydrogen-bond donors (Lipinski definition) is 2. The lowest BCUT2D eigenvalue weighted by atomic mass is 10.4. The van der Waals surface area contributed by atoms with Crippen LogP contribution in [0.1, 0.15) is 26.2 Å². The third-order valence-corrected chi connectivity index (χ3v) is 3.31. The summed E-state index contributed by atoms with van der Waals surface area (Å²) in [7, 11) is -7.48. The minimum Gasteiger partial charge on any atom is -0.324 e. The second kappa shape index (κ2) is 8.38. The molecule has 0 aliphatic carbocycles. The number of hydrogen-bond acceptors (Lipinski definition) is 5. The van der Waals surface area contributed by atoms with Crippen LogP contribution < -0.4 is 0 Å². The molecule has 2 atom stereocenters. The Morgan fingerprint density at radius 1 is 0.941 bits per heavy atom. The van der Waals surface area contributed by atoms with E-state index in [1.54, 1.807) is 0 Å². The number of phosphoric acid groups is 1. The van der Waals surface area contributed by atoms with Gasteiger partial charge in [0, 0.05) is 6.66 Å². The third kappa shape index (κ3) is 12.5. The van der Waals surface area contributed by atoms with Gasteiger partial charge in [-0.15, -0.1) is 0 Å². The molecule has 104 valence electrons. The van der Waals surface area contributed by atoms with Crippen LogP contribution in [0.5, 0.6) is 0 Å². The van der Waals surface area contributed by atoms with Gasteiger partial charge >= 0.3 is 15.4 Å². The maximum Gasteiger partial charge on any atom is 0.472 e. The predicted octanol–water partition coefficient (Wildman–Crippen LogP) is 2.14. The van der Waals surface area contributed by atoms with Crippen molar-refractivity contribution in [3.8, 4) is 0 Å². The molecule has 2 unspecified atom stereocenters. The first-order valence-corrected chi connectivity index (χ1v) is 8.85. The number of rotatable bonds is 10. The van der Waals surface area contributed by atoms with Crippen LogP contribution in [0.4, 0.5) is 0 Å². The van der Waals surface area contributed by atoms with E-state index in [4.69, 9.17) is 9.79 Å². The van der Waals surface area contributed by atoms with Crippen LogP contribution >= 0.6 is 15.4 Å². The number of unbranched alkanes of at least 4 members (excludes halogenated alkanes) is 1. The first-order chi connectivity index (χ1) is 7.77. The minimum atomic E-state index is -3.99. The highest BCUT2D eigenvalue weighted by atomic mass is 31.2.